The van der Waals surface area contributed by atoms with Gasteiger partial charge < -0.3 is 5.21 Å². The lowest BCUT2D eigenvalue weighted by Gasteiger charge is -1.91. The lowest BCUT2D eigenvalue weighted by Crippen LogP contribution is -1.93. The molecule has 0 unspecified atom stereocenters. The van der Waals surface area contributed by atoms with E-state index in [9.17, 15) is 0 Å². The second-order valence-corrected chi connectivity index (χ2v) is 2.05. The van der Waals surface area contributed by atoms with Gasteiger partial charge in [-0.15, -0.1) is 0 Å². The average Bonchev–Trinajstić information content (AvgIpc) is 2.20. The van der Waals surface area contributed by atoms with Gasteiger partial charge in [0.2, 0.25) is 0 Å². The van der Waals surface area contributed by atoms with Crippen molar-refractivity contribution in [2.75, 3.05) is 0 Å². The normalized spacial score (nSPS) is 11.0. The molecule has 0 atom stereocenters. The van der Waals surface area contributed by atoms with Crippen LogP contribution in [-0.2, 0) is 7.05 Å². The van der Waals surface area contributed by atoms with Crippen molar-refractivity contribution >= 4 is 6.21 Å². The molecule has 54 valence electrons. The summed E-state index contributed by atoms with van der Waals surface area (Å²) in [7, 11) is 1.84. The Balaban J connectivity index is 3.05. The highest BCUT2D eigenvalue weighted by Crippen LogP contribution is 2.00. The third-order valence-electron chi connectivity index (χ3n) is 1.47. The molecule has 0 aliphatic carbocycles. The van der Waals surface area contributed by atoms with Gasteiger partial charge in [-0.25, -0.2) is 0 Å². The van der Waals surface area contributed by atoms with Gasteiger partial charge in [-0.3, -0.25) is 4.68 Å². The first-order chi connectivity index (χ1) is 4.75. The van der Waals surface area contributed by atoms with Crippen molar-refractivity contribution in [3.8, 4) is 0 Å². The van der Waals surface area contributed by atoms with Crippen molar-refractivity contribution in [1.82, 2.24) is 9.78 Å². The second kappa shape index (κ2) is 2.51. The van der Waals surface area contributed by atoms with Gasteiger partial charge in [-0.05, 0) is 6.92 Å². The van der Waals surface area contributed by atoms with Crippen molar-refractivity contribution < 1.29 is 5.21 Å². The first kappa shape index (κ1) is 6.80. The van der Waals surface area contributed by atoms with Gasteiger partial charge in [0, 0.05) is 18.3 Å². The van der Waals surface area contributed by atoms with Crippen LogP contribution in [0.5, 0.6) is 0 Å². The predicted molar refractivity (Wildman–Crippen MR) is 37.3 cm³/mol. The minimum Gasteiger partial charge on any atom is -0.411 e. The number of hydrogen-bond acceptors (Lipinski definition) is 3. The molecule has 0 aliphatic heterocycles. The van der Waals surface area contributed by atoms with Gasteiger partial charge >= 0.3 is 0 Å². The molecule has 4 nitrogen and oxygen atoms in total. The molecule has 0 saturated heterocycles. The number of aromatic nitrogens is 2. The molecule has 0 saturated carbocycles. The van der Waals surface area contributed by atoms with Crippen molar-refractivity contribution in [3.05, 3.63) is 17.5 Å². The monoisotopic (exact) mass is 139 g/mol. The summed E-state index contributed by atoms with van der Waals surface area (Å²) >= 11 is 0. The number of hydrogen-bond donors (Lipinski definition) is 1. The van der Waals surface area contributed by atoms with Gasteiger partial charge in [0.15, 0.2) is 0 Å². The maximum absolute atomic E-state index is 8.19. The molecule has 0 radical (unpaired) electrons. The summed E-state index contributed by atoms with van der Waals surface area (Å²) in [6.45, 7) is 1.91. The maximum atomic E-state index is 8.19. The van der Waals surface area contributed by atoms with E-state index in [2.05, 4.69) is 10.3 Å². The number of nitrogens with zero attached hydrogens (tertiary/aromatic N) is 3. The Morgan fingerprint density at radius 2 is 2.50 bits per heavy atom. The fraction of sp³-hybridized carbons (Fsp3) is 0.333. The standard InChI is InChI=1S/C6H9N3O/c1-5-6(4-8-10)3-7-9(5)2/h3-4,10H,1-2H3. The summed E-state index contributed by atoms with van der Waals surface area (Å²) in [6.07, 6.45) is 3.01. The van der Waals surface area contributed by atoms with Crippen LogP contribution >= 0.6 is 0 Å². The van der Waals surface area contributed by atoms with E-state index in [4.69, 9.17) is 5.21 Å². The van der Waals surface area contributed by atoms with Crippen LogP contribution in [0, 0.1) is 6.92 Å². The molecule has 0 aromatic carbocycles. The Morgan fingerprint density at radius 1 is 1.80 bits per heavy atom. The summed E-state index contributed by atoms with van der Waals surface area (Å²) in [5, 5.41) is 15.0. The average molecular weight is 139 g/mol. The fourth-order valence-corrected chi connectivity index (χ4v) is 0.705. The Hall–Kier alpha value is -1.32. The van der Waals surface area contributed by atoms with Crippen LogP contribution in [0.3, 0.4) is 0 Å². The largest absolute Gasteiger partial charge is 0.411 e. The van der Waals surface area contributed by atoms with E-state index in [1.54, 1.807) is 10.9 Å². The Morgan fingerprint density at radius 3 is 2.90 bits per heavy atom. The molecule has 1 N–H and O–H groups in total. The zero-order valence-corrected chi connectivity index (χ0v) is 5.94. The summed E-state index contributed by atoms with van der Waals surface area (Å²) < 4.78 is 1.72. The highest BCUT2D eigenvalue weighted by atomic mass is 16.4. The second-order valence-electron chi connectivity index (χ2n) is 2.05. The van der Waals surface area contributed by atoms with Crippen molar-refractivity contribution in [2.24, 2.45) is 12.2 Å². The van der Waals surface area contributed by atoms with Gasteiger partial charge in [0.25, 0.3) is 0 Å². The van der Waals surface area contributed by atoms with E-state index in [1.807, 2.05) is 14.0 Å². The summed E-state index contributed by atoms with van der Waals surface area (Å²) in [4.78, 5) is 0. The minimum absolute atomic E-state index is 0.838. The molecule has 0 fully saturated rings. The molecule has 0 amide bonds. The van der Waals surface area contributed by atoms with E-state index in [1.165, 1.54) is 6.21 Å². The lowest BCUT2D eigenvalue weighted by atomic mass is 10.3. The third-order valence-corrected chi connectivity index (χ3v) is 1.47. The highest BCUT2D eigenvalue weighted by Gasteiger charge is 1.98. The first-order valence-corrected chi connectivity index (χ1v) is 2.91. The Bertz CT molecular complexity index is 251. The molecular formula is C6H9N3O. The van der Waals surface area contributed by atoms with E-state index in [0.717, 1.165) is 11.3 Å². The number of oxime groups is 1. The van der Waals surface area contributed by atoms with Crippen molar-refractivity contribution in [3.63, 3.8) is 0 Å². The minimum atomic E-state index is 0.838. The summed E-state index contributed by atoms with van der Waals surface area (Å²) in [6, 6.07) is 0. The first-order valence-electron chi connectivity index (χ1n) is 2.91. The van der Waals surface area contributed by atoms with E-state index < -0.39 is 0 Å². The highest BCUT2D eigenvalue weighted by molar-refractivity contribution is 5.79. The number of aryl methyl sites for hydroxylation is 1. The molecule has 4 heteroatoms. The maximum Gasteiger partial charge on any atom is 0.0768 e. The van der Waals surface area contributed by atoms with Crippen LogP contribution in [0.25, 0.3) is 0 Å². The topological polar surface area (TPSA) is 50.4 Å². The molecule has 10 heavy (non-hydrogen) atoms. The number of rotatable bonds is 1. The predicted octanol–water partition coefficient (Wildman–Crippen LogP) is 0.537. The molecule has 1 rings (SSSR count). The summed E-state index contributed by atoms with van der Waals surface area (Å²) in [5.74, 6) is 0. The van der Waals surface area contributed by atoms with Crippen LogP contribution < -0.4 is 0 Å². The molecule has 1 aromatic rings. The van der Waals surface area contributed by atoms with Crippen LogP contribution in [0.2, 0.25) is 0 Å². The SMILES string of the molecule is Cc1c(C=NO)cnn1C. The van der Waals surface area contributed by atoms with Crippen molar-refractivity contribution in [1.29, 1.82) is 0 Å². The van der Waals surface area contributed by atoms with Crippen molar-refractivity contribution in [2.45, 2.75) is 6.92 Å². The molecule has 0 bridgehead atoms. The lowest BCUT2D eigenvalue weighted by molar-refractivity contribution is 0.322. The van der Waals surface area contributed by atoms with Crippen LogP contribution in [0.15, 0.2) is 11.4 Å². The Labute approximate surface area is 58.8 Å². The zero-order chi connectivity index (χ0) is 7.56. The van der Waals surface area contributed by atoms with Crippen LogP contribution in [0.4, 0.5) is 0 Å². The third kappa shape index (κ3) is 1.00. The molecule has 1 aromatic heterocycles. The van der Waals surface area contributed by atoms with Gasteiger partial charge in [0.1, 0.15) is 0 Å². The molecule has 1 heterocycles. The quantitative estimate of drug-likeness (QED) is 0.350. The molecule has 0 spiro atoms. The van der Waals surface area contributed by atoms with E-state index >= 15 is 0 Å². The van der Waals surface area contributed by atoms with E-state index in [0.29, 0.717) is 0 Å². The smallest absolute Gasteiger partial charge is 0.0768 e. The van der Waals surface area contributed by atoms with Gasteiger partial charge in [0.05, 0.1) is 12.4 Å². The fourth-order valence-electron chi connectivity index (χ4n) is 0.705. The van der Waals surface area contributed by atoms with E-state index in [-0.39, 0.29) is 0 Å². The molecule has 0 aliphatic rings. The van der Waals surface area contributed by atoms with Gasteiger partial charge in [-0.1, -0.05) is 5.16 Å². The zero-order valence-electron chi connectivity index (χ0n) is 5.94. The van der Waals surface area contributed by atoms with Gasteiger partial charge in [-0.2, -0.15) is 5.10 Å². The van der Waals surface area contributed by atoms with Crippen LogP contribution in [-0.4, -0.2) is 21.2 Å². The van der Waals surface area contributed by atoms with Crippen LogP contribution in [0.1, 0.15) is 11.3 Å². The Kier molecular flexibility index (Phi) is 1.71. The molecular weight excluding hydrogens is 130 g/mol. The summed E-state index contributed by atoms with van der Waals surface area (Å²) in [5.41, 5.74) is 1.82.